The molecule has 0 unspecified atom stereocenters. The van der Waals surface area contributed by atoms with Crippen LogP contribution in [0.1, 0.15) is 5.82 Å². The number of nitrogens with one attached hydrogen (secondary N) is 1. The van der Waals surface area contributed by atoms with Crippen LogP contribution in [0.2, 0.25) is 0 Å². The molecule has 0 fully saturated rings. The second-order valence-electron chi connectivity index (χ2n) is 4.10. The second kappa shape index (κ2) is 3.39. The highest BCUT2D eigenvalue weighted by Gasteiger charge is 2.13. The minimum atomic E-state index is 0.812. The largest absolute Gasteiger partial charge is 0.360 e. The Morgan fingerprint density at radius 3 is 3.00 bits per heavy atom. The number of aromatic nitrogens is 5. The van der Waals surface area contributed by atoms with Crippen molar-refractivity contribution in [2.24, 2.45) is 0 Å². The van der Waals surface area contributed by atoms with Gasteiger partial charge in [-0.25, -0.2) is 0 Å². The molecule has 0 spiro atoms. The maximum atomic E-state index is 4.56. The van der Waals surface area contributed by atoms with Gasteiger partial charge in [-0.15, -0.1) is 10.2 Å². The first-order chi connectivity index (χ1) is 8.83. The van der Waals surface area contributed by atoms with E-state index in [0.717, 1.165) is 26.9 Å². The van der Waals surface area contributed by atoms with E-state index in [9.17, 15) is 0 Å². The number of aryl methyl sites for hydroxylation is 1. The van der Waals surface area contributed by atoms with Crippen LogP contribution in [-0.2, 0) is 0 Å². The van der Waals surface area contributed by atoms with Crippen molar-refractivity contribution in [1.29, 1.82) is 0 Å². The van der Waals surface area contributed by atoms with Crippen molar-refractivity contribution < 1.29 is 0 Å². The van der Waals surface area contributed by atoms with Crippen molar-refractivity contribution >= 4 is 27.2 Å². The normalized spacial score (nSPS) is 11.6. The zero-order valence-corrected chi connectivity index (χ0v) is 10.4. The smallest absolute Gasteiger partial charge is 0.234 e. The molecule has 0 radical (unpaired) electrons. The molecule has 0 saturated carbocycles. The van der Waals surface area contributed by atoms with E-state index in [0.29, 0.717) is 0 Å². The Morgan fingerprint density at radius 1 is 1.22 bits per heavy atom. The molecule has 0 aliphatic heterocycles. The molecule has 1 aromatic carbocycles. The third kappa shape index (κ3) is 1.23. The molecule has 4 rings (SSSR count). The Hall–Kier alpha value is -2.21. The maximum Gasteiger partial charge on any atom is 0.234 e. The maximum absolute atomic E-state index is 4.56. The predicted molar refractivity (Wildman–Crippen MR) is 70.7 cm³/mol. The average molecular weight is 255 g/mol. The van der Waals surface area contributed by atoms with Crippen molar-refractivity contribution in [3.63, 3.8) is 0 Å². The van der Waals surface area contributed by atoms with Crippen LogP contribution >= 0.6 is 11.3 Å². The van der Waals surface area contributed by atoms with Gasteiger partial charge in [-0.3, -0.25) is 0 Å². The van der Waals surface area contributed by atoms with E-state index < -0.39 is 0 Å². The number of hydrogen-bond acceptors (Lipinski definition) is 4. The number of nitrogens with zero attached hydrogens (tertiary/aromatic N) is 4. The van der Waals surface area contributed by atoms with E-state index in [2.05, 4.69) is 32.4 Å². The van der Waals surface area contributed by atoms with E-state index >= 15 is 0 Å². The quantitative estimate of drug-likeness (QED) is 0.569. The van der Waals surface area contributed by atoms with Crippen molar-refractivity contribution in [2.45, 2.75) is 6.92 Å². The molecule has 4 aromatic rings. The number of rotatable bonds is 1. The monoisotopic (exact) mass is 255 g/mol. The molecule has 6 heteroatoms. The van der Waals surface area contributed by atoms with Gasteiger partial charge < -0.3 is 4.98 Å². The van der Waals surface area contributed by atoms with Gasteiger partial charge in [-0.05, 0) is 13.0 Å². The molecule has 5 nitrogen and oxygen atoms in total. The summed E-state index contributed by atoms with van der Waals surface area (Å²) in [6, 6.07) is 8.21. The van der Waals surface area contributed by atoms with Gasteiger partial charge >= 0.3 is 0 Å². The van der Waals surface area contributed by atoms with Crippen molar-refractivity contribution in [2.75, 3.05) is 0 Å². The first-order valence-corrected chi connectivity index (χ1v) is 6.40. The molecule has 0 aliphatic rings. The number of hydrogen-bond donors (Lipinski definition) is 1. The fourth-order valence-electron chi connectivity index (χ4n) is 2.07. The number of aromatic amines is 1. The molecule has 88 valence electrons. The lowest BCUT2D eigenvalue weighted by atomic mass is 10.2. The Morgan fingerprint density at radius 2 is 2.11 bits per heavy atom. The summed E-state index contributed by atoms with van der Waals surface area (Å²) in [4.78, 5) is 4.09. The van der Waals surface area contributed by atoms with Gasteiger partial charge in [0.1, 0.15) is 5.01 Å². The van der Waals surface area contributed by atoms with Crippen LogP contribution in [0.3, 0.4) is 0 Å². The number of fused-ring (bicyclic) bond motifs is 2. The van der Waals surface area contributed by atoms with Gasteiger partial charge in [0, 0.05) is 22.7 Å². The zero-order valence-electron chi connectivity index (χ0n) is 9.58. The summed E-state index contributed by atoms with van der Waals surface area (Å²) < 4.78 is 1.78. The average Bonchev–Trinajstić information content (AvgIpc) is 3.05. The molecule has 3 heterocycles. The number of benzene rings is 1. The van der Waals surface area contributed by atoms with Crippen molar-refractivity contribution in [1.82, 2.24) is 24.8 Å². The zero-order chi connectivity index (χ0) is 12.1. The highest BCUT2D eigenvalue weighted by atomic mass is 32.1. The summed E-state index contributed by atoms with van der Waals surface area (Å²) in [5.41, 5.74) is 2.23. The minimum absolute atomic E-state index is 0.812. The molecule has 18 heavy (non-hydrogen) atoms. The lowest BCUT2D eigenvalue weighted by Crippen LogP contribution is -1.88. The number of para-hydroxylation sites is 1. The van der Waals surface area contributed by atoms with E-state index in [4.69, 9.17) is 0 Å². The summed E-state index contributed by atoms with van der Waals surface area (Å²) in [5.74, 6) is 0.812. The Bertz CT molecular complexity index is 854. The van der Waals surface area contributed by atoms with E-state index in [-0.39, 0.29) is 0 Å². The third-order valence-corrected chi connectivity index (χ3v) is 3.90. The molecule has 0 saturated heterocycles. The Labute approximate surface area is 106 Å². The molecule has 3 aromatic heterocycles. The fourth-order valence-corrected chi connectivity index (χ4v) is 2.99. The van der Waals surface area contributed by atoms with Crippen LogP contribution in [0.15, 0.2) is 30.5 Å². The summed E-state index contributed by atoms with van der Waals surface area (Å²) in [6.07, 6.45) is 1.99. The molecule has 0 amide bonds. The summed E-state index contributed by atoms with van der Waals surface area (Å²) >= 11 is 1.55. The molecule has 0 atom stereocenters. The third-order valence-electron chi connectivity index (χ3n) is 2.97. The predicted octanol–water partition coefficient (Wildman–Crippen LogP) is 2.64. The van der Waals surface area contributed by atoms with Crippen molar-refractivity contribution in [3.05, 3.63) is 36.3 Å². The highest BCUT2D eigenvalue weighted by molar-refractivity contribution is 7.19. The topological polar surface area (TPSA) is 58.9 Å². The minimum Gasteiger partial charge on any atom is -0.360 e. The Balaban J connectivity index is 2.01. The van der Waals surface area contributed by atoms with E-state index in [1.807, 2.05) is 25.3 Å². The molecule has 1 N–H and O–H groups in total. The first kappa shape index (κ1) is 9.78. The van der Waals surface area contributed by atoms with E-state index in [1.165, 1.54) is 5.39 Å². The summed E-state index contributed by atoms with van der Waals surface area (Å²) in [6.45, 7) is 1.90. The van der Waals surface area contributed by atoms with Gasteiger partial charge in [-0.2, -0.15) is 9.61 Å². The summed E-state index contributed by atoms with van der Waals surface area (Å²) in [5, 5.41) is 14.8. The van der Waals surface area contributed by atoms with Crippen LogP contribution in [0, 0.1) is 6.92 Å². The standard InChI is InChI=1S/C12H9N5S/c1-7-14-15-12-17(7)16-11(18-12)9-6-13-10-5-3-2-4-8(9)10/h2-6,13H,1H3. The van der Waals surface area contributed by atoms with E-state index in [1.54, 1.807) is 15.9 Å². The molecular formula is C12H9N5S. The first-order valence-electron chi connectivity index (χ1n) is 5.58. The highest BCUT2D eigenvalue weighted by Crippen LogP contribution is 2.31. The SMILES string of the molecule is Cc1nnc2sc(-c3c[nH]c4ccccc34)nn12. The van der Waals surface area contributed by atoms with Crippen LogP contribution in [0.5, 0.6) is 0 Å². The lowest BCUT2D eigenvalue weighted by Gasteiger charge is -1.92. The second-order valence-corrected chi connectivity index (χ2v) is 5.05. The number of H-pyrrole nitrogens is 1. The molecule has 0 bridgehead atoms. The lowest BCUT2D eigenvalue weighted by molar-refractivity contribution is 0.898. The fraction of sp³-hybridized carbons (Fsp3) is 0.0833. The van der Waals surface area contributed by atoms with Gasteiger partial charge in [0.15, 0.2) is 5.82 Å². The molecule has 0 aliphatic carbocycles. The van der Waals surface area contributed by atoms with Crippen molar-refractivity contribution in [3.8, 4) is 10.6 Å². The Kier molecular flexibility index (Phi) is 1.84. The van der Waals surface area contributed by atoms with Gasteiger partial charge in [0.2, 0.25) is 4.96 Å². The molecular weight excluding hydrogens is 246 g/mol. The van der Waals surface area contributed by atoms with Gasteiger partial charge in [0.25, 0.3) is 0 Å². The van der Waals surface area contributed by atoms with Crippen LogP contribution in [0.25, 0.3) is 26.4 Å². The van der Waals surface area contributed by atoms with Crippen LogP contribution in [-0.4, -0.2) is 24.8 Å². The van der Waals surface area contributed by atoms with Gasteiger partial charge in [-0.1, -0.05) is 29.5 Å². The summed E-state index contributed by atoms with van der Waals surface area (Å²) in [7, 11) is 0. The van der Waals surface area contributed by atoms with Crippen LogP contribution < -0.4 is 0 Å². The van der Waals surface area contributed by atoms with Crippen LogP contribution in [0.4, 0.5) is 0 Å². The van der Waals surface area contributed by atoms with Gasteiger partial charge in [0.05, 0.1) is 0 Å².